The summed E-state index contributed by atoms with van der Waals surface area (Å²) in [5.41, 5.74) is 11.1. The van der Waals surface area contributed by atoms with E-state index in [1.165, 1.54) is 44.9 Å². The van der Waals surface area contributed by atoms with Crippen LogP contribution in [0.2, 0.25) is 0 Å². The Morgan fingerprint density at radius 3 is 1.94 bits per heavy atom. The van der Waals surface area contributed by atoms with Crippen LogP contribution in [0.1, 0.15) is 77.6 Å². The van der Waals surface area contributed by atoms with E-state index in [0.29, 0.717) is 19.4 Å². The van der Waals surface area contributed by atoms with E-state index in [0.717, 1.165) is 12.8 Å². The molecular weight excluding hydrogens is 224 g/mol. The third-order valence-corrected chi connectivity index (χ3v) is 3.42. The summed E-state index contributed by atoms with van der Waals surface area (Å²) in [6, 6.07) is -0.330. The lowest BCUT2D eigenvalue weighted by Gasteiger charge is -2.08. The predicted molar refractivity (Wildman–Crippen MR) is 78.5 cm³/mol. The Labute approximate surface area is 113 Å². The molecule has 0 rings (SSSR count). The van der Waals surface area contributed by atoms with Crippen LogP contribution in [-0.4, -0.2) is 18.4 Å². The number of Topliss-reactive ketones (excluding diaryl/α,β-unsaturated/α-hetero) is 1. The minimum atomic E-state index is -0.330. The zero-order valence-corrected chi connectivity index (χ0v) is 12.1. The van der Waals surface area contributed by atoms with Crippen LogP contribution >= 0.6 is 0 Å². The Morgan fingerprint density at radius 2 is 1.44 bits per heavy atom. The number of hydrogen-bond donors (Lipinski definition) is 2. The fourth-order valence-electron chi connectivity index (χ4n) is 2.14. The van der Waals surface area contributed by atoms with Gasteiger partial charge in [-0.05, 0) is 19.4 Å². The molecule has 1 atom stereocenters. The number of nitrogens with two attached hydrogens (primary N) is 2. The summed E-state index contributed by atoms with van der Waals surface area (Å²) in [4.78, 5) is 11.6. The number of rotatable bonds is 13. The van der Waals surface area contributed by atoms with Crippen molar-refractivity contribution in [2.45, 2.75) is 83.6 Å². The molecule has 108 valence electrons. The highest BCUT2D eigenvalue weighted by molar-refractivity contribution is 5.83. The molecule has 0 saturated carbocycles. The zero-order valence-electron chi connectivity index (χ0n) is 12.1. The summed E-state index contributed by atoms with van der Waals surface area (Å²) in [5.74, 6) is 0.184. The molecule has 4 N–H and O–H groups in total. The number of carbonyl (C=O) groups is 1. The van der Waals surface area contributed by atoms with Gasteiger partial charge in [-0.25, -0.2) is 0 Å². The van der Waals surface area contributed by atoms with Gasteiger partial charge in [0, 0.05) is 6.42 Å². The minimum Gasteiger partial charge on any atom is -0.330 e. The Morgan fingerprint density at radius 1 is 0.944 bits per heavy atom. The van der Waals surface area contributed by atoms with Crippen LogP contribution in [-0.2, 0) is 4.79 Å². The van der Waals surface area contributed by atoms with Gasteiger partial charge in [0.15, 0.2) is 0 Å². The van der Waals surface area contributed by atoms with E-state index in [2.05, 4.69) is 6.92 Å². The van der Waals surface area contributed by atoms with Gasteiger partial charge in [0.1, 0.15) is 5.78 Å². The number of carbonyl (C=O) groups excluding carboxylic acids is 1. The van der Waals surface area contributed by atoms with E-state index in [1.807, 2.05) is 0 Å². The smallest absolute Gasteiger partial charge is 0.149 e. The lowest BCUT2D eigenvalue weighted by atomic mass is 10.0. The molecule has 3 nitrogen and oxygen atoms in total. The van der Waals surface area contributed by atoms with Crippen molar-refractivity contribution in [3.8, 4) is 0 Å². The van der Waals surface area contributed by atoms with Gasteiger partial charge in [-0.3, -0.25) is 4.79 Å². The monoisotopic (exact) mass is 256 g/mol. The first-order valence-electron chi connectivity index (χ1n) is 7.70. The third-order valence-electron chi connectivity index (χ3n) is 3.42. The first kappa shape index (κ1) is 17.6. The van der Waals surface area contributed by atoms with E-state index < -0.39 is 0 Å². The Hall–Kier alpha value is -0.410. The molecule has 18 heavy (non-hydrogen) atoms. The molecule has 0 aliphatic carbocycles. The molecule has 0 heterocycles. The molecule has 0 amide bonds. The summed E-state index contributed by atoms with van der Waals surface area (Å²) in [7, 11) is 0. The highest BCUT2D eigenvalue weighted by Gasteiger charge is 2.11. The number of unbranched alkanes of at least 4 members (excludes halogenated alkanes) is 8. The maximum Gasteiger partial charge on any atom is 0.149 e. The quantitative estimate of drug-likeness (QED) is 0.497. The molecule has 0 aliphatic heterocycles. The van der Waals surface area contributed by atoms with Crippen molar-refractivity contribution in [1.82, 2.24) is 0 Å². The van der Waals surface area contributed by atoms with Crippen LogP contribution in [0, 0.1) is 0 Å². The van der Waals surface area contributed by atoms with Crippen molar-refractivity contribution in [3.63, 3.8) is 0 Å². The van der Waals surface area contributed by atoms with Crippen LogP contribution in [0.5, 0.6) is 0 Å². The van der Waals surface area contributed by atoms with Gasteiger partial charge in [0.05, 0.1) is 6.04 Å². The molecule has 3 heteroatoms. The fourth-order valence-corrected chi connectivity index (χ4v) is 2.14. The Balaban J connectivity index is 3.22. The summed E-state index contributed by atoms with van der Waals surface area (Å²) < 4.78 is 0. The molecule has 0 radical (unpaired) electrons. The molecule has 0 spiro atoms. The minimum absolute atomic E-state index is 0.184. The van der Waals surface area contributed by atoms with Crippen molar-refractivity contribution in [1.29, 1.82) is 0 Å². The Bertz CT molecular complexity index is 195. The van der Waals surface area contributed by atoms with Gasteiger partial charge in [-0.1, -0.05) is 58.3 Å². The molecular formula is C15H32N2O. The summed E-state index contributed by atoms with van der Waals surface area (Å²) in [6.45, 7) is 2.75. The molecule has 0 aliphatic rings. The average Bonchev–Trinajstić information content (AvgIpc) is 2.36. The normalized spacial score (nSPS) is 12.6. The highest BCUT2D eigenvalue weighted by Crippen LogP contribution is 2.11. The van der Waals surface area contributed by atoms with E-state index in [-0.39, 0.29) is 11.8 Å². The second-order valence-corrected chi connectivity index (χ2v) is 5.23. The first-order valence-corrected chi connectivity index (χ1v) is 7.70. The number of ketones is 1. The van der Waals surface area contributed by atoms with Gasteiger partial charge < -0.3 is 11.5 Å². The molecule has 0 bridgehead atoms. The molecule has 0 aromatic rings. The highest BCUT2D eigenvalue weighted by atomic mass is 16.1. The average molecular weight is 256 g/mol. The molecule has 0 fully saturated rings. The predicted octanol–water partition coefficient (Wildman–Crippen LogP) is 3.15. The SMILES string of the molecule is CCCCCCCCCCCC(=O)C(N)CCN. The van der Waals surface area contributed by atoms with E-state index in [4.69, 9.17) is 11.5 Å². The van der Waals surface area contributed by atoms with Crippen molar-refractivity contribution in [2.75, 3.05) is 6.54 Å². The Kier molecular flexibility index (Phi) is 12.7. The lowest BCUT2D eigenvalue weighted by Crippen LogP contribution is -2.32. The molecule has 0 aromatic carbocycles. The summed E-state index contributed by atoms with van der Waals surface area (Å²) in [5, 5.41) is 0. The molecule has 0 saturated heterocycles. The number of hydrogen-bond acceptors (Lipinski definition) is 3. The largest absolute Gasteiger partial charge is 0.330 e. The standard InChI is InChI=1S/C15H32N2O/c1-2-3-4-5-6-7-8-9-10-11-15(18)14(17)12-13-16/h14H,2-13,16-17H2,1H3. The second kappa shape index (κ2) is 13.0. The second-order valence-electron chi connectivity index (χ2n) is 5.23. The summed E-state index contributed by atoms with van der Waals surface area (Å²) in [6.07, 6.45) is 12.8. The molecule has 0 aromatic heterocycles. The van der Waals surface area contributed by atoms with Crippen LogP contribution in [0.15, 0.2) is 0 Å². The van der Waals surface area contributed by atoms with E-state index in [1.54, 1.807) is 0 Å². The van der Waals surface area contributed by atoms with E-state index >= 15 is 0 Å². The van der Waals surface area contributed by atoms with Crippen LogP contribution < -0.4 is 11.5 Å². The van der Waals surface area contributed by atoms with Crippen LogP contribution in [0.3, 0.4) is 0 Å². The van der Waals surface area contributed by atoms with E-state index in [9.17, 15) is 4.79 Å². The van der Waals surface area contributed by atoms with Gasteiger partial charge >= 0.3 is 0 Å². The maximum absolute atomic E-state index is 11.6. The van der Waals surface area contributed by atoms with Crippen LogP contribution in [0.25, 0.3) is 0 Å². The van der Waals surface area contributed by atoms with Gasteiger partial charge in [-0.15, -0.1) is 0 Å². The topological polar surface area (TPSA) is 69.1 Å². The lowest BCUT2D eigenvalue weighted by molar-refractivity contribution is -0.120. The van der Waals surface area contributed by atoms with Crippen LogP contribution in [0.4, 0.5) is 0 Å². The third kappa shape index (κ3) is 10.7. The van der Waals surface area contributed by atoms with Crippen molar-refractivity contribution in [3.05, 3.63) is 0 Å². The maximum atomic E-state index is 11.6. The fraction of sp³-hybridized carbons (Fsp3) is 0.933. The summed E-state index contributed by atoms with van der Waals surface area (Å²) >= 11 is 0. The van der Waals surface area contributed by atoms with Gasteiger partial charge in [0.25, 0.3) is 0 Å². The van der Waals surface area contributed by atoms with Gasteiger partial charge in [0.2, 0.25) is 0 Å². The molecule has 1 unspecified atom stereocenters. The first-order chi connectivity index (χ1) is 8.72. The van der Waals surface area contributed by atoms with Crippen molar-refractivity contribution < 1.29 is 4.79 Å². The van der Waals surface area contributed by atoms with Crippen molar-refractivity contribution >= 4 is 5.78 Å². The zero-order chi connectivity index (χ0) is 13.6. The van der Waals surface area contributed by atoms with Crippen molar-refractivity contribution in [2.24, 2.45) is 11.5 Å². The van der Waals surface area contributed by atoms with Gasteiger partial charge in [-0.2, -0.15) is 0 Å².